The summed E-state index contributed by atoms with van der Waals surface area (Å²) in [4.78, 5) is 0. The monoisotopic (exact) mass is 234 g/mol. The van der Waals surface area contributed by atoms with Gasteiger partial charge in [0.25, 0.3) is 0 Å². The first-order chi connectivity index (χ1) is 8.88. The van der Waals surface area contributed by atoms with Crippen molar-refractivity contribution in [1.29, 1.82) is 0 Å². The van der Waals surface area contributed by atoms with Crippen LogP contribution in [0.15, 0.2) is 39.2 Å². The van der Waals surface area contributed by atoms with Crippen molar-refractivity contribution in [3.05, 3.63) is 35.9 Å². The zero-order chi connectivity index (χ0) is 11.9. The third kappa shape index (κ3) is 0.750. The van der Waals surface area contributed by atoms with E-state index in [1.54, 1.807) is 0 Å². The summed E-state index contributed by atoms with van der Waals surface area (Å²) in [5.74, 6) is 0. The lowest BCUT2D eigenvalue weighted by Gasteiger charge is -2.18. The van der Waals surface area contributed by atoms with E-state index < -0.39 is 0 Å². The molecule has 2 heteroatoms. The van der Waals surface area contributed by atoms with Gasteiger partial charge in [-0.15, -0.1) is 0 Å². The van der Waals surface area contributed by atoms with Crippen LogP contribution in [0.3, 0.4) is 0 Å². The molecule has 0 saturated carbocycles. The molecular formula is C16H10O2. The summed E-state index contributed by atoms with van der Waals surface area (Å²) < 4.78 is 11.7. The molecule has 0 spiro atoms. The third-order valence-electron chi connectivity index (χ3n) is 4.01. The number of aryl methyl sites for hydroxylation is 1. The summed E-state index contributed by atoms with van der Waals surface area (Å²) in [5.41, 5.74) is 5.34. The van der Waals surface area contributed by atoms with E-state index in [1.165, 1.54) is 27.1 Å². The van der Waals surface area contributed by atoms with Crippen molar-refractivity contribution >= 4 is 43.9 Å². The van der Waals surface area contributed by atoms with Crippen molar-refractivity contribution in [2.75, 3.05) is 0 Å². The van der Waals surface area contributed by atoms with Crippen molar-refractivity contribution in [3.63, 3.8) is 0 Å². The minimum atomic E-state index is 0.970. The lowest BCUT2D eigenvalue weighted by molar-refractivity contribution is 0.632. The largest absolute Gasteiger partial charge is 0.455 e. The fourth-order valence-corrected chi connectivity index (χ4v) is 3.08. The Morgan fingerprint density at radius 3 is 2.56 bits per heavy atom. The normalized spacial score (nSPS) is 12.9. The van der Waals surface area contributed by atoms with Crippen LogP contribution in [0.25, 0.3) is 43.9 Å². The average Bonchev–Trinajstić information content (AvgIpc) is 2.32. The molecular weight excluding hydrogens is 224 g/mol. The molecule has 2 aromatic heterocycles. The van der Waals surface area contributed by atoms with Gasteiger partial charge in [0.2, 0.25) is 0 Å². The number of hydrogen-bond acceptors (Lipinski definition) is 2. The van der Waals surface area contributed by atoms with Gasteiger partial charge in [0.15, 0.2) is 0 Å². The number of benzene rings is 3. The predicted molar refractivity (Wildman–Crippen MR) is 72.7 cm³/mol. The van der Waals surface area contributed by atoms with Crippen molar-refractivity contribution in [2.24, 2.45) is 0 Å². The molecule has 0 radical (unpaired) electrons. The lowest BCUT2D eigenvalue weighted by atomic mass is 9.95. The van der Waals surface area contributed by atoms with E-state index in [9.17, 15) is 0 Å². The van der Waals surface area contributed by atoms with Crippen LogP contribution in [0.5, 0.6) is 0 Å². The minimum Gasteiger partial charge on any atom is -0.455 e. The van der Waals surface area contributed by atoms with Crippen molar-refractivity contribution < 1.29 is 8.83 Å². The Balaban J connectivity index is 2.13. The Hall–Kier alpha value is -2.22. The maximum absolute atomic E-state index is 5.94. The fourth-order valence-electron chi connectivity index (χ4n) is 3.08. The van der Waals surface area contributed by atoms with E-state index >= 15 is 0 Å². The highest BCUT2D eigenvalue weighted by molar-refractivity contribution is 6.32. The van der Waals surface area contributed by atoms with Crippen LogP contribution in [-0.4, -0.2) is 0 Å². The molecule has 0 bridgehead atoms. The SMILES string of the molecule is CCc1ccc2c3oc4cccc(c5oc1c25)c43. The Bertz CT molecular complexity index is 1000. The van der Waals surface area contributed by atoms with Gasteiger partial charge < -0.3 is 8.83 Å². The molecule has 2 nitrogen and oxygen atoms in total. The minimum absolute atomic E-state index is 0.970. The summed E-state index contributed by atoms with van der Waals surface area (Å²) in [5, 5.41) is 4.83. The molecule has 86 valence electrons. The molecule has 18 heavy (non-hydrogen) atoms. The molecule has 0 fully saturated rings. The van der Waals surface area contributed by atoms with Crippen LogP contribution in [0, 0.1) is 0 Å². The Morgan fingerprint density at radius 2 is 1.67 bits per heavy atom. The van der Waals surface area contributed by atoms with Crippen molar-refractivity contribution in [1.82, 2.24) is 0 Å². The van der Waals surface area contributed by atoms with E-state index in [0.717, 1.165) is 28.8 Å². The molecule has 0 aliphatic heterocycles. The molecule has 0 unspecified atom stereocenters. The average molecular weight is 234 g/mol. The molecule has 5 aromatic rings. The molecule has 0 amide bonds. The van der Waals surface area contributed by atoms with Crippen LogP contribution in [0.1, 0.15) is 12.5 Å². The molecule has 2 heterocycles. The van der Waals surface area contributed by atoms with E-state index in [-0.39, 0.29) is 0 Å². The molecule has 0 saturated heterocycles. The predicted octanol–water partition coefficient (Wildman–Crippen LogP) is 4.92. The zero-order valence-electron chi connectivity index (χ0n) is 9.91. The van der Waals surface area contributed by atoms with Crippen LogP contribution >= 0.6 is 0 Å². The number of fused-ring (bicyclic) bond motifs is 2. The van der Waals surface area contributed by atoms with E-state index in [0.29, 0.717) is 0 Å². The van der Waals surface area contributed by atoms with Crippen molar-refractivity contribution in [2.45, 2.75) is 13.3 Å². The first-order valence-corrected chi connectivity index (χ1v) is 6.28. The van der Waals surface area contributed by atoms with Gasteiger partial charge in [0.05, 0.1) is 10.8 Å². The van der Waals surface area contributed by atoms with Crippen LogP contribution in [-0.2, 0) is 6.42 Å². The van der Waals surface area contributed by atoms with Crippen LogP contribution in [0.4, 0.5) is 0 Å². The Kier molecular flexibility index (Phi) is 1.28. The van der Waals surface area contributed by atoms with Crippen LogP contribution < -0.4 is 0 Å². The number of rotatable bonds is 1. The van der Waals surface area contributed by atoms with Gasteiger partial charge in [-0.25, -0.2) is 0 Å². The van der Waals surface area contributed by atoms with Crippen LogP contribution in [0.2, 0.25) is 0 Å². The summed E-state index contributed by atoms with van der Waals surface area (Å²) >= 11 is 0. The Morgan fingerprint density at radius 1 is 0.833 bits per heavy atom. The zero-order valence-corrected chi connectivity index (χ0v) is 9.91. The highest BCUT2D eigenvalue weighted by atomic mass is 16.4. The molecule has 0 aliphatic rings. The second-order valence-corrected chi connectivity index (χ2v) is 4.87. The quantitative estimate of drug-likeness (QED) is 0.385. The topological polar surface area (TPSA) is 26.3 Å². The smallest absolute Gasteiger partial charge is 0.147 e. The Labute approximate surface area is 102 Å². The standard InChI is InChI=1S/C16H10O2/c1-2-8-6-7-10-13-14(8)18-16(13)9-4-3-5-11-12(9)15(10)17-11/h3-7H,2H2,1H3. The van der Waals surface area contributed by atoms with Gasteiger partial charge in [-0.2, -0.15) is 0 Å². The maximum atomic E-state index is 5.94. The van der Waals surface area contributed by atoms with Gasteiger partial charge in [-0.05, 0) is 24.1 Å². The first kappa shape index (κ1) is 8.81. The third-order valence-corrected chi connectivity index (χ3v) is 4.01. The van der Waals surface area contributed by atoms with Crippen molar-refractivity contribution in [3.8, 4) is 0 Å². The van der Waals surface area contributed by atoms with E-state index in [2.05, 4.69) is 25.1 Å². The second-order valence-electron chi connectivity index (χ2n) is 4.87. The molecule has 3 aromatic carbocycles. The van der Waals surface area contributed by atoms with E-state index in [1.807, 2.05) is 12.1 Å². The summed E-state index contributed by atoms with van der Waals surface area (Å²) in [6.45, 7) is 2.15. The summed E-state index contributed by atoms with van der Waals surface area (Å²) in [6, 6.07) is 10.4. The summed E-state index contributed by atoms with van der Waals surface area (Å²) in [6.07, 6.45) is 0.999. The van der Waals surface area contributed by atoms with Gasteiger partial charge in [0, 0.05) is 10.8 Å². The van der Waals surface area contributed by atoms with Gasteiger partial charge in [-0.3, -0.25) is 0 Å². The van der Waals surface area contributed by atoms with Gasteiger partial charge in [-0.1, -0.05) is 25.1 Å². The molecule has 0 N–H and O–H groups in total. The first-order valence-electron chi connectivity index (χ1n) is 6.28. The van der Waals surface area contributed by atoms with E-state index in [4.69, 9.17) is 8.83 Å². The highest BCUT2D eigenvalue weighted by Crippen LogP contribution is 2.46. The highest BCUT2D eigenvalue weighted by Gasteiger charge is 2.23. The summed E-state index contributed by atoms with van der Waals surface area (Å²) in [7, 11) is 0. The molecule has 5 rings (SSSR count). The molecule has 0 aliphatic carbocycles. The molecule has 0 atom stereocenters. The fraction of sp³-hybridized carbons (Fsp3) is 0.125. The maximum Gasteiger partial charge on any atom is 0.147 e. The second kappa shape index (κ2) is 2.61. The van der Waals surface area contributed by atoms with Gasteiger partial charge in [0.1, 0.15) is 22.3 Å². The lowest BCUT2D eigenvalue weighted by Crippen LogP contribution is -1.94. The van der Waals surface area contributed by atoms with Gasteiger partial charge >= 0.3 is 0 Å². The number of hydrogen-bond donors (Lipinski definition) is 0.